The SMILES string of the molecule is CCOC(=O)c1ccc(Nc2ccc(NC(=O)c3cccc(F)c3)cc2)cc1. The number of benzene rings is 3. The molecule has 0 radical (unpaired) electrons. The summed E-state index contributed by atoms with van der Waals surface area (Å²) in [5.41, 5.74) is 2.96. The van der Waals surface area contributed by atoms with E-state index in [1.807, 2.05) is 0 Å². The second-order valence-corrected chi connectivity index (χ2v) is 5.96. The fourth-order valence-electron chi connectivity index (χ4n) is 2.54. The van der Waals surface area contributed by atoms with E-state index < -0.39 is 5.82 Å². The van der Waals surface area contributed by atoms with Crippen LogP contribution in [0.5, 0.6) is 0 Å². The third kappa shape index (κ3) is 4.94. The summed E-state index contributed by atoms with van der Waals surface area (Å²) in [6.07, 6.45) is 0. The van der Waals surface area contributed by atoms with Crippen LogP contribution in [0.1, 0.15) is 27.6 Å². The zero-order chi connectivity index (χ0) is 19.9. The van der Waals surface area contributed by atoms with E-state index in [1.165, 1.54) is 18.2 Å². The van der Waals surface area contributed by atoms with Gasteiger partial charge in [0, 0.05) is 22.6 Å². The topological polar surface area (TPSA) is 67.4 Å². The number of ether oxygens (including phenoxy) is 1. The molecule has 0 unspecified atom stereocenters. The highest BCUT2D eigenvalue weighted by Crippen LogP contribution is 2.20. The Bertz CT molecular complexity index is 970. The molecule has 3 aromatic carbocycles. The van der Waals surface area contributed by atoms with Gasteiger partial charge in [-0.05, 0) is 73.7 Å². The summed E-state index contributed by atoms with van der Waals surface area (Å²) in [6.45, 7) is 2.10. The fraction of sp³-hybridized carbons (Fsp3) is 0.0909. The van der Waals surface area contributed by atoms with Gasteiger partial charge in [-0.1, -0.05) is 6.07 Å². The van der Waals surface area contributed by atoms with Gasteiger partial charge in [-0.15, -0.1) is 0 Å². The molecule has 142 valence electrons. The molecule has 0 bridgehead atoms. The van der Waals surface area contributed by atoms with Crippen LogP contribution in [0.25, 0.3) is 0 Å². The quantitative estimate of drug-likeness (QED) is 0.593. The van der Waals surface area contributed by atoms with Crippen molar-refractivity contribution in [3.05, 3.63) is 89.7 Å². The second kappa shape index (κ2) is 8.81. The van der Waals surface area contributed by atoms with Gasteiger partial charge in [0.1, 0.15) is 5.82 Å². The van der Waals surface area contributed by atoms with Crippen molar-refractivity contribution in [3.8, 4) is 0 Å². The molecule has 0 aliphatic heterocycles. The van der Waals surface area contributed by atoms with E-state index in [1.54, 1.807) is 61.5 Å². The van der Waals surface area contributed by atoms with Gasteiger partial charge in [-0.2, -0.15) is 0 Å². The van der Waals surface area contributed by atoms with Crippen LogP contribution in [-0.2, 0) is 4.74 Å². The molecule has 5 nitrogen and oxygen atoms in total. The van der Waals surface area contributed by atoms with Crippen molar-refractivity contribution in [2.75, 3.05) is 17.2 Å². The Morgan fingerprint density at radius 2 is 1.46 bits per heavy atom. The van der Waals surface area contributed by atoms with Crippen molar-refractivity contribution in [2.24, 2.45) is 0 Å². The van der Waals surface area contributed by atoms with Gasteiger partial charge in [0.15, 0.2) is 0 Å². The third-order valence-corrected chi connectivity index (χ3v) is 3.91. The van der Waals surface area contributed by atoms with Crippen molar-refractivity contribution in [2.45, 2.75) is 6.92 Å². The molecule has 3 aromatic rings. The minimum atomic E-state index is -0.457. The molecule has 0 aromatic heterocycles. The first kappa shape index (κ1) is 19.1. The lowest BCUT2D eigenvalue weighted by Crippen LogP contribution is -2.11. The zero-order valence-electron chi connectivity index (χ0n) is 15.2. The number of amides is 1. The zero-order valence-corrected chi connectivity index (χ0v) is 15.2. The van der Waals surface area contributed by atoms with Gasteiger partial charge in [-0.3, -0.25) is 4.79 Å². The molecule has 1 amide bonds. The third-order valence-electron chi connectivity index (χ3n) is 3.91. The first-order valence-electron chi connectivity index (χ1n) is 8.76. The lowest BCUT2D eigenvalue weighted by atomic mass is 10.2. The summed E-state index contributed by atoms with van der Waals surface area (Å²) in [7, 11) is 0. The average Bonchev–Trinajstić information content (AvgIpc) is 2.70. The number of halogens is 1. The maximum absolute atomic E-state index is 13.2. The van der Waals surface area contributed by atoms with Gasteiger partial charge < -0.3 is 15.4 Å². The van der Waals surface area contributed by atoms with E-state index in [0.29, 0.717) is 17.9 Å². The Kier molecular flexibility index (Phi) is 6.01. The molecule has 28 heavy (non-hydrogen) atoms. The molecule has 2 N–H and O–H groups in total. The predicted octanol–water partition coefficient (Wildman–Crippen LogP) is 5.00. The minimum Gasteiger partial charge on any atom is -0.462 e. The fourth-order valence-corrected chi connectivity index (χ4v) is 2.54. The normalized spacial score (nSPS) is 10.2. The van der Waals surface area contributed by atoms with Crippen LogP contribution in [0.2, 0.25) is 0 Å². The Labute approximate surface area is 162 Å². The van der Waals surface area contributed by atoms with Crippen LogP contribution in [0.3, 0.4) is 0 Å². The van der Waals surface area contributed by atoms with Gasteiger partial charge in [0.05, 0.1) is 12.2 Å². The van der Waals surface area contributed by atoms with Crippen molar-refractivity contribution < 1.29 is 18.7 Å². The highest BCUT2D eigenvalue weighted by Gasteiger charge is 2.08. The molecule has 0 heterocycles. The Balaban J connectivity index is 1.61. The number of hydrogen-bond donors (Lipinski definition) is 2. The number of hydrogen-bond acceptors (Lipinski definition) is 4. The Morgan fingerprint density at radius 3 is 2.07 bits per heavy atom. The Hall–Kier alpha value is -3.67. The summed E-state index contributed by atoms with van der Waals surface area (Å²) in [5, 5.41) is 5.93. The molecule has 0 saturated heterocycles. The van der Waals surface area contributed by atoms with Crippen LogP contribution in [0, 0.1) is 5.82 Å². The summed E-state index contributed by atoms with van der Waals surface area (Å²) < 4.78 is 18.2. The van der Waals surface area contributed by atoms with Crippen LogP contribution in [0.15, 0.2) is 72.8 Å². The number of carbonyl (C=O) groups excluding carboxylic acids is 2. The number of carbonyl (C=O) groups is 2. The largest absolute Gasteiger partial charge is 0.462 e. The van der Waals surface area contributed by atoms with E-state index in [9.17, 15) is 14.0 Å². The van der Waals surface area contributed by atoms with Crippen LogP contribution < -0.4 is 10.6 Å². The van der Waals surface area contributed by atoms with Gasteiger partial charge in [0.2, 0.25) is 0 Å². The molecule has 6 heteroatoms. The summed E-state index contributed by atoms with van der Waals surface area (Å²) >= 11 is 0. The van der Waals surface area contributed by atoms with Crippen LogP contribution in [0.4, 0.5) is 21.5 Å². The smallest absolute Gasteiger partial charge is 0.338 e. The highest BCUT2D eigenvalue weighted by atomic mass is 19.1. The van der Waals surface area contributed by atoms with Crippen molar-refractivity contribution in [1.29, 1.82) is 0 Å². The van der Waals surface area contributed by atoms with Crippen molar-refractivity contribution >= 4 is 28.9 Å². The number of esters is 1. The maximum atomic E-state index is 13.2. The Morgan fingerprint density at radius 1 is 0.857 bits per heavy atom. The standard InChI is InChI=1S/C22H19FN2O3/c1-2-28-22(27)15-6-8-18(9-7-15)24-19-10-12-20(13-11-19)25-21(26)16-4-3-5-17(23)14-16/h3-14,24H,2H2,1H3,(H,25,26). The first-order chi connectivity index (χ1) is 13.5. The van der Waals surface area contributed by atoms with Gasteiger partial charge in [-0.25, -0.2) is 9.18 Å². The lowest BCUT2D eigenvalue weighted by molar-refractivity contribution is 0.0526. The maximum Gasteiger partial charge on any atom is 0.338 e. The molecule has 3 rings (SSSR count). The van der Waals surface area contributed by atoms with E-state index in [-0.39, 0.29) is 17.4 Å². The number of anilines is 3. The molecule has 0 atom stereocenters. The molecule has 0 fully saturated rings. The summed E-state index contributed by atoms with van der Waals surface area (Å²) in [4.78, 5) is 23.8. The van der Waals surface area contributed by atoms with E-state index in [4.69, 9.17) is 4.74 Å². The summed E-state index contributed by atoms with van der Waals surface area (Å²) in [6, 6.07) is 19.6. The number of rotatable bonds is 6. The molecule has 0 aliphatic carbocycles. The van der Waals surface area contributed by atoms with E-state index in [0.717, 1.165) is 11.4 Å². The van der Waals surface area contributed by atoms with Crippen LogP contribution >= 0.6 is 0 Å². The average molecular weight is 378 g/mol. The lowest BCUT2D eigenvalue weighted by Gasteiger charge is -2.09. The molecule has 0 spiro atoms. The van der Waals surface area contributed by atoms with Gasteiger partial charge >= 0.3 is 5.97 Å². The van der Waals surface area contributed by atoms with E-state index in [2.05, 4.69) is 10.6 Å². The highest BCUT2D eigenvalue weighted by molar-refractivity contribution is 6.04. The first-order valence-corrected chi connectivity index (χ1v) is 8.76. The molecule has 0 saturated carbocycles. The van der Waals surface area contributed by atoms with E-state index >= 15 is 0 Å². The number of nitrogens with one attached hydrogen (secondary N) is 2. The predicted molar refractivity (Wildman–Crippen MR) is 106 cm³/mol. The molecule has 0 aliphatic rings. The molecular weight excluding hydrogens is 359 g/mol. The van der Waals surface area contributed by atoms with Gasteiger partial charge in [0.25, 0.3) is 5.91 Å². The molecular formula is C22H19FN2O3. The van der Waals surface area contributed by atoms with Crippen molar-refractivity contribution in [3.63, 3.8) is 0 Å². The van der Waals surface area contributed by atoms with Crippen LogP contribution in [-0.4, -0.2) is 18.5 Å². The summed E-state index contributed by atoms with van der Waals surface area (Å²) in [5.74, 6) is -1.19. The van der Waals surface area contributed by atoms with Crippen molar-refractivity contribution in [1.82, 2.24) is 0 Å². The minimum absolute atomic E-state index is 0.254. The monoisotopic (exact) mass is 378 g/mol. The second-order valence-electron chi connectivity index (χ2n) is 5.96.